The molecule has 0 amide bonds. The smallest absolute Gasteiger partial charge is 0.259 e. The van der Waals surface area contributed by atoms with Gasteiger partial charge in [-0.2, -0.15) is 0 Å². The van der Waals surface area contributed by atoms with E-state index in [1.165, 1.54) is 0 Å². The molecule has 1 aromatic rings. The average Bonchev–Trinajstić information content (AvgIpc) is 2.20. The maximum absolute atomic E-state index is 5.71. The second-order valence-electron chi connectivity index (χ2n) is 3.04. The van der Waals surface area contributed by atoms with Crippen molar-refractivity contribution >= 4 is 5.69 Å². The van der Waals surface area contributed by atoms with E-state index in [4.69, 9.17) is 19.9 Å². The number of nitrogen functional groups attached to an aromatic ring is 1. The molecule has 5 heteroatoms. The first-order valence-electron chi connectivity index (χ1n) is 4.34. The number of hydrogen-bond acceptors (Lipinski definition) is 5. The van der Waals surface area contributed by atoms with Crippen molar-refractivity contribution in [3.8, 4) is 11.6 Å². The maximum Gasteiger partial charge on any atom is 0.259 e. The van der Waals surface area contributed by atoms with Crippen molar-refractivity contribution in [2.75, 3.05) is 26.1 Å². The van der Waals surface area contributed by atoms with Gasteiger partial charge in [-0.15, -0.1) is 0 Å². The number of fused-ring (bicyclic) bond motifs is 1. The van der Waals surface area contributed by atoms with E-state index in [0.29, 0.717) is 30.5 Å². The molecule has 1 aliphatic heterocycles. The van der Waals surface area contributed by atoms with Crippen LogP contribution >= 0.6 is 0 Å². The minimum Gasteiger partial charge on any atom is -0.477 e. The van der Waals surface area contributed by atoms with Gasteiger partial charge >= 0.3 is 0 Å². The average molecular weight is 196 g/mol. The molecule has 0 spiro atoms. The first-order chi connectivity index (χ1) is 6.81. The molecule has 0 saturated carbocycles. The predicted octanol–water partition coefficient (Wildman–Crippen LogP) is 0.450. The van der Waals surface area contributed by atoms with Crippen LogP contribution < -0.4 is 15.2 Å². The van der Waals surface area contributed by atoms with E-state index in [0.717, 1.165) is 0 Å². The number of hydrogen-bond donors (Lipinski definition) is 1. The molecule has 76 valence electrons. The molecular weight excluding hydrogens is 184 g/mol. The molecule has 0 fully saturated rings. The van der Waals surface area contributed by atoms with Crippen LogP contribution in [-0.2, 0) is 4.74 Å². The van der Waals surface area contributed by atoms with Crippen molar-refractivity contribution < 1.29 is 14.2 Å². The first kappa shape index (κ1) is 9.08. The molecule has 2 N–H and O–H groups in total. The number of anilines is 1. The number of pyridine rings is 1. The van der Waals surface area contributed by atoms with Crippen molar-refractivity contribution in [1.29, 1.82) is 0 Å². The summed E-state index contributed by atoms with van der Waals surface area (Å²) in [6, 6.07) is 1.68. The van der Waals surface area contributed by atoms with E-state index in [-0.39, 0.29) is 6.10 Å². The highest BCUT2D eigenvalue weighted by Gasteiger charge is 2.23. The zero-order chi connectivity index (χ0) is 9.97. The van der Waals surface area contributed by atoms with E-state index in [2.05, 4.69) is 4.98 Å². The molecule has 2 heterocycles. The van der Waals surface area contributed by atoms with Crippen LogP contribution in [0.4, 0.5) is 5.69 Å². The van der Waals surface area contributed by atoms with Crippen molar-refractivity contribution in [1.82, 2.24) is 4.98 Å². The van der Waals surface area contributed by atoms with E-state index >= 15 is 0 Å². The standard InChI is InChI=1S/C9H12N2O3/c1-12-4-6-5-13-9-8(14-6)7(10)2-3-11-9/h2-3,6H,4-5H2,1H3,(H2,10,11). The lowest BCUT2D eigenvalue weighted by molar-refractivity contribution is 0.0252. The van der Waals surface area contributed by atoms with Crippen LogP contribution in [0.3, 0.4) is 0 Å². The number of ether oxygens (including phenoxy) is 3. The number of aromatic nitrogens is 1. The molecule has 0 radical (unpaired) electrons. The molecule has 1 aromatic heterocycles. The summed E-state index contributed by atoms with van der Waals surface area (Å²) in [4.78, 5) is 4.01. The van der Waals surface area contributed by atoms with Gasteiger partial charge in [-0.25, -0.2) is 4.98 Å². The molecule has 2 rings (SSSR count). The quantitative estimate of drug-likeness (QED) is 0.743. The van der Waals surface area contributed by atoms with Crippen LogP contribution in [0.25, 0.3) is 0 Å². The lowest BCUT2D eigenvalue weighted by atomic mass is 10.3. The topological polar surface area (TPSA) is 66.6 Å². The SMILES string of the molecule is COCC1COc2nccc(N)c2O1. The van der Waals surface area contributed by atoms with Gasteiger partial charge in [-0.05, 0) is 6.07 Å². The fraction of sp³-hybridized carbons (Fsp3) is 0.444. The molecule has 0 bridgehead atoms. The van der Waals surface area contributed by atoms with Gasteiger partial charge in [-0.1, -0.05) is 0 Å². The van der Waals surface area contributed by atoms with E-state index in [1.54, 1.807) is 19.4 Å². The molecule has 1 atom stereocenters. The second-order valence-corrected chi connectivity index (χ2v) is 3.04. The molecule has 0 aromatic carbocycles. The Bertz CT molecular complexity index is 330. The molecule has 0 aliphatic carbocycles. The zero-order valence-electron chi connectivity index (χ0n) is 7.90. The fourth-order valence-electron chi connectivity index (χ4n) is 1.30. The Hall–Kier alpha value is -1.49. The van der Waals surface area contributed by atoms with Gasteiger partial charge in [-0.3, -0.25) is 0 Å². The molecule has 1 aliphatic rings. The summed E-state index contributed by atoms with van der Waals surface area (Å²) < 4.78 is 15.9. The Balaban J connectivity index is 2.20. The number of nitrogens with two attached hydrogens (primary N) is 1. The highest BCUT2D eigenvalue weighted by molar-refractivity contribution is 5.57. The number of methoxy groups -OCH3 is 1. The van der Waals surface area contributed by atoms with Crippen LogP contribution in [0.5, 0.6) is 11.6 Å². The monoisotopic (exact) mass is 196 g/mol. The molecule has 14 heavy (non-hydrogen) atoms. The highest BCUT2D eigenvalue weighted by Crippen LogP contribution is 2.34. The second kappa shape index (κ2) is 3.71. The minimum atomic E-state index is -0.112. The summed E-state index contributed by atoms with van der Waals surface area (Å²) in [7, 11) is 1.62. The van der Waals surface area contributed by atoms with Gasteiger partial charge in [0.05, 0.1) is 12.3 Å². The maximum atomic E-state index is 5.71. The largest absolute Gasteiger partial charge is 0.477 e. The summed E-state index contributed by atoms with van der Waals surface area (Å²) in [5, 5.41) is 0. The number of nitrogens with zero attached hydrogens (tertiary/aromatic N) is 1. The minimum absolute atomic E-state index is 0.112. The van der Waals surface area contributed by atoms with Gasteiger partial charge in [0, 0.05) is 13.3 Å². The first-order valence-corrected chi connectivity index (χ1v) is 4.34. The lowest BCUT2D eigenvalue weighted by Crippen LogP contribution is -2.33. The Labute approximate surface area is 81.8 Å². The molecule has 0 saturated heterocycles. The Morgan fingerprint density at radius 2 is 2.57 bits per heavy atom. The van der Waals surface area contributed by atoms with Crippen LogP contribution in [0.2, 0.25) is 0 Å². The van der Waals surface area contributed by atoms with Gasteiger partial charge < -0.3 is 19.9 Å². The Kier molecular flexibility index (Phi) is 2.41. The van der Waals surface area contributed by atoms with Gasteiger partial charge in [0.2, 0.25) is 5.75 Å². The highest BCUT2D eigenvalue weighted by atomic mass is 16.6. The van der Waals surface area contributed by atoms with Crippen molar-refractivity contribution in [3.05, 3.63) is 12.3 Å². The van der Waals surface area contributed by atoms with E-state index in [9.17, 15) is 0 Å². The third kappa shape index (κ3) is 1.58. The van der Waals surface area contributed by atoms with E-state index in [1.807, 2.05) is 0 Å². The zero-order valence-corrected chi connectivity index (χ0v) is 7.90. The molecule has 5 nitrogen and oxygen atoms in total. The lowest BCUT2D eigenvalue weighted by Gasteiger charge is -2.25. The van der Waals surface area contributed by atoms with Crippen LogP contribution in [0.15, 0.2) is 12.3 Å². The molecule has 1 unspecified atom stereocenters. The van der Waals surface area contributed by atoms with Crippen LogP contribution in [0.1, 0.15) is 0 Å². The van der Waals surface area contributed by atoms with Gasteiger partial charge in [0.1, 0.15) is 6.61 Å². The van der Waals surface area contributed by atoms with Crippen molar-refractivity contribution in [2.24, 2.45) is 0 Å². The summed E-state index contributed by atoms with van der Waals surface area (Å²) >= 11 is 0. The summed E-state index contributed by atoms with van der Waals surface area (Å²) in [5.74, 6) is 0.971. The summed E-state index contributed by atoms with van der Waals surface area (Å²) in [6.07, 6.45) is 1.48. The Morgan fingerprint density at radius 3 is 3.36 bits per heavy atom. The molecular formula is C9H12N2O3. The summed E-state index contributed by atoms with van der Waals surface area (Å²) in [6.45, 7) is 0.922. The summed E-state index contributed by atoms with van der Waals surface area (Å²) in [5.41, 5.74) is 6.25. The normalized spacial score (nSPS) is 19.4. The predicted molar refractivity (Wildman–Crippen MR) is 50.4 cm³/mol. The van der Waals surface area contributed by atoms with Crippen LogP contribution in [0, 0.1) is 0 Å². The third-order valence-corrected chi connectivity index (χ3v) is 1.95. The third-order valence-electron chi connectivity index (χ3n) is 1.95. The van der Waals surface area contributed by atoms with Gasteiger partial charge in [0.15, 0.2) is 6.10 Å². The van der Waals surface area contributed by atoms with E-state index < -0.39 is 0 Å². The van der Waals surface area contributed by atoms with Crippen LogP contribution in [-0.4, -0.2) is 31.4 Å². The fourth-order valence-corrected chi connectivity index (χ4v) is 1.30. The Morgan fingerprint density at radius 1 is 1.71 bits per heavy atom. The van der Waals surface area contributed by atoms with Crippen molar-refractivity contribution in [2.45, 2.75) is 6.10 Å². The number of rotatable bonds is 2. The van der Waals surface area contributed by atoms with Crippen molar-refractivity contribution in [3.63, 3.8) is 0 Å². The van der Waals surface area contributed by atoms with Gasteiger partial charge in [0.25, 0.3) is 5.88 Å².